The van der Waals surface area contributed by atoms with Gasteiger partial charge in [0, 0.05) is 54.7 Å². The van der Waals surface area contributed by atoms with Crippen molar-refractivity contribution in [3.8, 4) is 34.5 Å². The molecule has 3 N–H and O–H groups in total. The quantitative estimate of drug-likeness (QED) is 0.243. The van der Waals surface area contributed by atoms with Crippen LogP contribution < -0.4 is 11.1 Å². The number of nitrogens with one attached hydrogen (secondary N) is 1. The minimum atomic E-state index is -0.388. The van der Waals surface area contributed by atoms with Crippen molar-refractivity contribution < 1.29 is 4.39 Å². The zero-order valence-corrected chi connectivity index (χ0v) is 21.3. The molecule has 194 valence electrons. The molecule has 9 heteroatoms. The van der Waals surface area contributed by atoms with Crippen LogP contribution in [0.1, 0.15) is 18.4 Å². The van der Waals surface area contributed by atoms with E-state index < -0.39 is 0 Å². The number of nitrogens with two attached hydrogens (primary N) is 1. The van der Waals surface area contributed by atoms with E-state index in [9.17, 15) is 4.39 Å². The molecule has 6 rings (SSSR count). The number of nitrogen functional groups attached to an aromatic ring is 1. The smallest absolute Gasteiger partial charge is 0.176 e. The molecule has 0 aliphatic carbocycles. The highest BCUT2D eigenvalue weighted by molar-refractivity contribution is 5.92. The Bertz CT molecular complexity index is 1650. The Labute approximate surface area is 225 Å². The molecule has 1 fully saturated rings. The molecule has 0 atom stereocenters. The van der Waals surface area contributed by atoms with E-state index >= 15 is 0 Å². The Morgan fingerprint density at radius 3 is 2.49 bits per heavy atom. The van der Waals surface area contributed by atoms with Gasteiger partial charge in [-0.1, -0.05) is 12.1 Å². The minimum absolute atomic E-state index is 0.276. The first-order valence-corrected chi connectivity index (χ1v) is 12.9. The second-order valence-corrected chi connectivity index (χ2v) is 9.76. The first-order chi connectivity index (χ1) is 19.1. The number of halogens is 1. The standard InChI is InChI=1S/C30H27FN8/c31-22-5-8-26(36-17-22)27-15-28-21(16-35-27)14-29(25-2-1-11-34-30(25)33)39(28)24-6-3-20(4-7-24)18-38-12-9-23(10-13-38)37-19-32/h1-8,11,14-17,23,37H,9-10,12-13,18H2,(H2,33,34). The zero-order chi connectivity index (χ0) is 26.8. The molecule has 1 aliphatic rings. The molecule has 39 heavy (non-hydrogen) atoms. The van der Waals surface area contributed by atoms with Gasteiger partial charge in [-0.2, -0.15) is 5.26 Å². The number of hydrogen-bond donors (Lipinski definition) is 2. The number of nitriles is 1. The van der Waals surface area contributed by atoms with Gasteiger partial charge in [0.2, 0.25) is 0 Å². The maximum absolute atomic E-state index is 13.5. The highest BCUT2D eigenvalue weighted by Crippen LogP contribution is 2.35. The van der Waals surface area contributed by atoms with Gasteiger partial charge in [0.1, 0.15) is 11.6 Å². The molecule has 0 amide bonds. The third kappa shape index (κ3) is 5.02. The van der Waals surface area contributed by atoms with Crippen LogP contribution >= 0.6 is 0 Å². The number of fused-ring (bicyclic) bond motifs is 1. The lowest BCUT2D eigenvalue weighted by Gasteiger charge is -2.31. The summed E-state index contributed by atoms with van der Waals surface area (Å²) in [6, 6.07) is 19.7. The number of piperidine rings is 1. The largest absolute Gasteiger partial charge is 0.383 e. The molecular formula is C30H27FN8. The highest BCUT2D eigenvalue weighted by Gasteiger charge is 2.20. The predicted octanol–water partition coefficient (Wildman–Crippen LogP) is 4.91. The fourth-order valence-electron chi connectivity index (χ4n) is 5.22. The lowest BCUT2D eigenvalue weighted by Crippen LogP contribution is -2.40. The van der Waals surface area contributed by atoms with E-state index in [-0.39, 0.29) is 11.9 Å². The second-order valence-electron chi connectivity index (χ2n) is 9.76. The van der Waals surface area contributed by atoms with Gasteiger partial charge in [-0.05, 0) is 66.9 Å². The monoisotopic (exact) mass is 518 g/mol. The topological polar surface area (TPSA) is 109 Å². The second kappa shape index (κ2) is 10.5. The molecule has 0 spiro atoms. The van der Waals surface area contributed by atoms with Crippen molar-refractivity contribution in [2.75, 3.05) is 18.8 Å². The van der Waals surface area contributed by atoms with Crippen LogP contribution in [0.4, 0.5) is 10.2 Å². The number of pyridine rings is 3. The predicted molar refractivity (Wildman–Crippen MR) is 149 cm³/mol. The lowest BCUT2D eigenvalue weighted by molar-refractivity contribution is 0.197. The van der Waals surface area contributed by atoms with Crippen LogP contribution in [0.25, 0.3) is 39.2 Å². The summed E-state index contributed by atoms with van der Waals surface area (Å²) in [7, 11) is 0. The molecule has 0 unspecified atom stereocenters. The van der Waals surface area contributed by atoms with E-state index in [4.69, 9.17) is 11.0 Å². The van der Waals surface area contributed by atoms with Crippen molar-refractivity contribution >= 4 is 16.7 Å². The van der Waals surface area contributed by atoms with Gasteiger partial charge in [0.25, 0.3) is 0 Å². The molecule has 0 radical (unpaired) electrons. The van der Waals surface area contributed by atoms with Gasteiger partial charge in [-0.25, -0.2) is 9.37 Å². The average molecular weight is 519 g/mol. The van der Waals surface area contributed by atoms with Crippen LogP contribution in [0.5, 0.6) is 0 Å². The number of anilines is 1. The van der Waals surface area contributed by atoms with E-state index in [1.54, 1.807) is 18.5 Å². The summed E-state index contributed by atoms with van der Waals surface area (Å²) in [5.74, 6) is 0.0571. The fourth-order valence-corrected chi connectivity index (χ4v) is 5.22. The summed E-state index contributed by atoms with van der Waals surface area (Å²) >= 11 is 0. The van der Waals surface area contributed by atoms with Gasteiger partial charge >= 0.3 is 0 Å². The lowest BCUT2D eigenvalue weighted by atomic mass is 10.0. The summed E-state index contributed by atoms with van der Waals surface area (Å²) in [6.45, 7) is 2.78. The summed E-state index contributed by atoms with van der Waals surface area (Å²) in [4.78, 5) is 15.5. The minimum Gasteiger partial charge on any atom is -0.383 e. The van der Waals surface area contributed by atoms with Crippen LogP contribution in [0, 0.1) is 17.3 Å². The van der Waals surface area contributed by atoms with Crippen LogP contribution in [0.3, 0.4) is 0 Å². The van der Waals surface area contributed by atoms with Crippen LogP contribution in [-0.4, -0.2) is 43.6 Å². The Morgan fingerprint density at radius 2 is 1.77 bits per heavy atom. The van der Waals surface area contributed by atoms with Gasteiger partial charge < -0.3 is 15.6 Å². The normalized spacial score (nSPS) is 14.4. The number of benzene rings is 1. The Balaban J connectivity index is 1.37. The maximum Gasteiger partial charge on any atom is 0.176 e. The summed E-state index contributed by atoms with van der Waals surface area (Å²) < 4.78 is 15.6. The Hall–Kier alpha value is -4.81. The Morgan fingerprint density at radius 1 is 0.974 bits per heavy atom. The summed E-state index contributed by atoms with van der Waals surface area (Å²) in [5, 5.41) is 12.7. The number of nitrogens with zero attached hydrogens (tertiary/aromatic N) is 6. The van der Waals surface area contributed by atoms with E-state index in [1.807, 2.05) is 18.2 Å². The van der Waals surface area contributed by atoms with Gasteiger partial charge in [0.15, 0.2) is 6.19 Å². The first-order valence-electron chi connectivity index (χ1n) is 12.9. The third-order valence-corrected chi connectivity index (χ3v) is 7.25. The molecule has 4 aromatic heterocycles. The van der Waals surface area contributed by atoms with Crippen molar-refractivity contribution in [3.05, 3.63) is 90.6 Å². The molecule has 5 heterocycles. The number of likely N-dealkylation sites (tertiary alicyclic amines) is 1. The molecule has 5 aromatic rings. The van der Waals surface area contributed by atoms with Gasteiger partial charge in [-0.3, -0.25) is 14.9 Å². The number of rotatable bonds is 6. The molecule has 0 bridgehead atoms. The molecule has 1 saturated heterocycles. The van der Waals surface area contributed by atoms with Crippen molar-refractivity contribution in [3.63, 3.8) is 0 Å². The van der Waals surface area contributed by atoms with Crippen molar-refractivity contribution in [1.29, 1.82) is 5.26 Å². The SMILES string of the molecule is N#CNC1CCN(Cc2ccc(-n3c(-c4cccnc4N)cc4cnc(-c5ccc(F)cn5)cc43)cc2)CC1. The molecular weight excluding hydrogens is 491 g/mol. The average Bonchev–Trinajstić information content (AvgIpc) is 3.34. The first kappa shape index (κ1) is 24.5. The summed E-state index contributed by atoms with van der Waals surface area (Å²) in [5.41, 5.74) is 12.4. The van der Waals surface area contributed by atoms with Crippen molar-refractivity contribution in [1.82, 2.24) is 29.7 Å². The van der Waals surface area contributed by atoms with Crippen LogP contribution in [-0.2, 0) is 6.54 Å². The zero-order valence-electron chi connectivity index (χ0n) is 21.3. The highest BCUT2D eigenvalue weighted by atomic mass is 19.1. The number of hydrogen-bond acceptors (Lipinski definition) is 7. The van der Waals surface area contributed by atoms with E-state index in [0.717, 1.165) is 60.3 Å². The van der Waals surface area contributed by atoms with Crippen molar-refractivity contribution in [2.45, 2.75) is 25.4 Å². The van der Waals surface area contributed by atoms with Crippen LogP contribution in [0.15, 0.2) is 79.3 Å². The number of aromatic nitrogens is 4. The summed E-state index contributed by atoms with van der Waals surface area (Å²) in [6.07, 6.45) is 8.69. The Kier molecular flexibility index (Phi) is 6.61. The molecule has 1 aromatic carbocycles. The van der Waals surface area contributed by atoms with E-state index in [1.165, 1.54) is 17.8 Å². The van der Waals surface area contributed by atoms with Crippen molar-refractivity contribution in [2.24, 2.45) is 0 Å². The van der Waals surface area contributed by atoms with Gasteiger partial charge in [0.05, 0.1) is 28.8 Å². The van der Waals surface area contributed by atoms with Crippen LogP contribution in [0.2, 0.25) is 0 Å². The van der Waals surface area contributed by atoms with E-state index in [2.05, 4.69) is 66.3 Å². The fraction of sp³-hybridized carbons (Fsp3) is 0.200. The molecule has 8 nitrogen and oxygen atoms in total. The molecule has 1 aliphatic heterocycles. The maximum atomic E-state index is 13.5. The third-order valence-electron chi connectivity index (χ3n) is 7.25. The van der Waals surface area contributed by atoms with Gasteiger partial charge in [-0.15, -0.1) is 0 Å². The van der Waals surface area contributed by atoms with E-state index in [0.29, 0.717) is 17.2 Å². The molecule has 0 saturated carbocycles.